The molecule has 1 aromatic heterocycles. The SMILES string of the molecule is NC(c1ccc(Cl)s1)C(O)c1cccc(Cl)c1. The van der Waals surface area contributed by atoms with Crippen LogP contribution >= 0.6 is 34.5 Å². The second kappa shape index (κ2) is 5.38. The summed E-state index contributed by atoms with van der Waals surface area (Å²) in [6.07, 6.45) is -0.789. The Morgan fingerprint density at radius 3 is 2.53 bits per heavy atom. The van der Waals surface area contributed by atoms with Gasteiger partial charge in [0.2, 0.25) is 0 Å². The van der Waals surface area contributed by atoms with Crippen LogP contribution in [-0.2, 0) is 0 Å². The number of aliphatic hydroxyl groups excluding tert-OH is 1. The molecular weight excluding hydrogens is 277 g/mol. The van der Waals surface area contributed by atoms with Gasteiger partial charge >= 0.3 is 0 Å². The lowest BCUT2D eigenvalue weighted by molar-refractivity contribution is 0.148. The van der Waals surface area contributed by atoms with E-state index in [4.69, 9.17) is 28.9 Å². The molecule has 2 atom stereocenters. The molecule has 0 saturated heterocycles. The van der Waals surface area contributed by atoms with Gasteiger partial charge in [-0.1, -0.05) is 35.3 Å². The number of nitrogens with two attached hydrogens (primary N) is 1. The van der Waals surface area contributed by atoms with E-state index >= 15 is 0 Å². The van der Waals surface area contributed by atoms with E-state index in [-0.39, 0.29) is 0 Å². The Morgan fingerprint density at radius 1 is 1.18 bits per heavy atom. The third kappa shape index (κ3) is 3.00. The van der Waals surface area contributed by atoms with Gasteiger partial charge in [0, 0.05) is 9.90 Å². The zero-order valence-corrected chi connectivity index (χ0v) is 11.1. The van der Waals surface area contributed by atoms with Crippen LogP contribution < -0.4 is 5.73 Å². The third-order valence-corrected chi connectivity index (χ3v) is 4.02. The fourth-order valence-electron chi connectivity index (χ4n) is 1.56. The molecule has 2 unspecified atom stereocenters. The molecule has 17 heavy (non-hydrogen) atoms. The number of benzene rings is 1. The average molecular weight is 288 g/mol. The second-order valence-corrected chi connectivity index (χ2v) is 5.85. The molecule has 0 radical (unpaired) electrons. The van der Waals surface area contributed by atoms with Crippen LogP contribution in [-0.4, -0.2) is 5.11 Å². The van der Waals surface area contributed by atoms with Crippen molar-refractivity contribution in [2.24, 2.45) is 5.73 Å². The highest BCUT2D eigenvalue weighted by Gasteiger charge is 2.20. The maximum absolute atomic E-state index is 10.2. The van der Waals surface area contributed by atoms with E-state index in [1.165, 1.54) is 11.3 Å². The van der Waals surface area contributed by atoms with Crippen molar-refractivity contribution in [3.63, 3.8) is 0 Å². The minimum absolute atomic E-state index is 0.494. The summed E-state index contributed by atoms with van der Waals surface area (Å²) >= 11 is 13.1. The Kier molecular flexibility index (Phi) is 4.07. The summed E-state index contributed by atoms with van der Waals surface area (Å²) in [5.41, 5.74) is 6.70. The van der Waals surface area contributed by atoms with E-state index in [9.17, 15) is 5.11 Å². The number of hydrogen-bond donors (Lipinski definition) is 2. The summed E-state index contributed by atoms with van der Waals surface area (Å²) in [5.74, 6) is 0. The lowest BCUT2D eigenvalue weighted by Gasteiger charge is -2.18. The van der Waals surface area contributed by atoms with E-state index in [0.717, 1.165) is 4.88 Å². The number of aliphatic hydroxyl groups is 1. The molecule has 0 bridgehead atoms. The molecule has 0 aliphatic carbocycles. The highest BCUT2D eigenvalue weighted by molar-refractivity contribution is 7.16. The van der Waals surface area contributed by atoms with E-state index in [1.807, 2.05) is 6.07 Å². The smallest absolute Gasteiger partial charge is 0.0991 e. The fourth-order valence-corrected chi connectivity index (χ4v) is 2.85. The fraction of sp³-hybridized carbons (Fsp3) is 0.167. The van der Waals surface area contributed by atoms with Gasteiger partial charge in [-0.2, -0.15) is 0 Å². The van der Waals surface area contributed by atoms with Crippen LogP contribution in [0.4, 0.5) is 0 Å². The molecule has 5 heteroatoms. The van der Waals surface area contributed by atoms with Crippen LogP contribution in [0.3, 0.4) is 0 Å². The predicted octanol–water partition coefficient (Wildman–Crippen LogP) is 3.79. The molecule has 2 nitrogen and oxygen atoms in total. The first-order valence-corrected chi connectivity index (χ1v) is 6.59. The minimum atomic E-state index is -0.789. The Morgan fingerprint density at radius 2 is 1.94 bits per heavy atom. The van der Waals surface area contributed by atoms with Gasteiger partial charge in [-0.15, -0.1) is 11.3 Å². The van der Waals surface area contributed by atoms with E-state index in [0.29, 0.717) is 14.9 Å². The van der Waals surface area contributed by atoms with Crippen molar-refractivity contribution in [2.75, 3.05) is 0 Å². The number of rotatable bonds is 3. The molecule has 1 aromatic carbocycles. The van der Waals surface area contributed by atoms with E-state index in [2.05, 4.69) is 0 Å². The van der Waals surface area contributed by atoms with Gasteiger partial charge in [0.15, 0.2) is 0 Å². The molecule has 0 amide bonds. The monoisotopic (exact) mass is 287 g/mol. The quantitative estimate of drug-likeness (QED) is 0.902. The zero-order chi connectivity index (χ0) is 12.4. The minimum Gasteiger partial charge on any atom is -0.386 e. The summed E-state index contributed by atoms with van der Waals surface area (Å²) in [5, 5.41) is 10.7. The van der Waals surface area contributed by atoms with Crippen molar-refractivity contribution < 1.29 is 5.11 Å². The molecule has 2 aromatic rings. The topological polar surface area (TPSA) is 46.2 Å². The molecule has 0 aliphatic heterocycles. The van der Waals surface area contributed by atoms with Gasteiger partial charge in [-0.3, -0.25) is 0 Å². The number of halogens is 2. The summed E-state index contributed by atoms with van der Waals surface area (Å²) in [4.78, 5) is 0.850. The molecule has 1 heterocycles. The highest BCUT2D eigenvalue weighted by Crippen LogP contribution is 2.33. The Balaban J connectivity index is 2.22. The van der Waals surface area contributed by atoms with Crippen LogP contribution in [0.2, 0.25) is 9.36 Å². The molecule has 0 spiro atoms. The molecule has 0 aliphatic rings. The average Bonchev–Trinajstić information content (AvgIpc) is 2.74. The van der Waals surface area contributed by atoms with Crippen LogP contribution in [0.1, 0.15) is 22.6 Å². The van der Waals surface area contributed by atoms with Crippen molar-refractivity contribution >= 4 is 34.5 Å². The van der Waals surface area contributed by atoms with Crippen molar-refractivity contribution in [3.05, 3.63) is 56.2 Å². The maximum Gasteiger partial charge on any atom is 0.0991 e. The standard InChI is InChI=1S/C12H11Cl2NOS/c13-8-3-1-2-7(6-8)12(16)11(15)9-4-5-10(14)17-9/h1-6,11-12,16H,15H2. The van der Waals surface area contributed by atoms with Gasteiger partial charge in [0.05, 0.1) is 16.5 Å². The molecule has 90 valence electrons. The van der Waals surface area contributed by atoms with Crippen LogP contribution in [0.15, 0.2) is 36.4 Å². The first kappa shape index (κ1) is 12.9. The predicted molar refractivity (Wildman–Crippen MR) is 72.7 cm³/mol. The largest absolute Gasteiger partial charge is 0.386 e. The van der Waals surface area contributed by atoms with Crippen LogP contribution in [0.25, 0.3) is 0 Å². The zero-order valence-electron chi connectivity index (χ0n) is 8.81. The first-order chi connectivity index (χ1) is 8.08. The van der Waals surface area contributed by atoms with Crippen LogP contribution in [0, 0.1) is 0 Å². The van der Waals surface area contributed by atoms with Gasteiger partial charge in [-0.25, -0.2) is 0 Å². The summed E-state index contributed by atoms with van der Waals surface area (Å²) in [6.45, 7) is 0. The Bertz CT molecular complexity index is 515. The van der Waals surface area contributed by atoms with Gasteiger partial charge in [0.25, 0.3) is 0 Å². The second-order valence-electron chi connectivity index (χ2n) is 3.67. The molecule has 2 rings (SSSR count). The molecule has 0 saturated carbocycles. The summed E-state index contributed by atoms with van der Waals surface area (Å²) < 4.78 is 0.661. The first-order valence-electron chi connectivity index (χ1n) is 5.02. The summed E-state index contributed by atoms with van der Waals surface area (Å²) in [7, 11) is 0. The molecule has 3 N–H and O–H groups in total. The summed E-state index contributed by atoms with van der Waals surface area (Å²) in [6, 6.07) is 10.1. The van der Waals surface area contributed by atoms with Crippen molar-refractivity contribution in [2.45, 2.75) is 12.1 Å². The number of thiophene rings is 1. The lowest BCUT2D eigenvalue weighted by atomic mass is 10.0. The van der Waals surface area contributed by atoms with Gasteiger partial charge in [0.1, 0.15) is 0 Å². The molecular formula is C12H11Cl2NOS. The van der Waals surface area contributed by atoms with Crippen LogP contribution in [0.5, 0.6) is 0 Å². The third-order valence-electron chi connectivity index (χ3n) is 2.45. The van der Waals surface area contributed by atoms with Crippen molar-refractivity contribution in [1.29, 1.82) is 0 Å². The maximum atomic E-state index is 10.2. The normalized spacial score (nSPS) is 14.6. The Labute approximate surface area is 114 Å². The van der Waals surface area contributed by atoms with Crippen molar-refractivity contribution in [3.8, 4) is 0 Å². The highest BCUT2D eigenvalue weighted by atomic mass is 35.5. The van der Waals surface area contributed by atoms with Gasteiger partial charge < -0.3 is 10.8 Å². The van der Waals surface area contributed by atoms with E-state index in [1.54, 1.807) is 30.3 Å². The lowest BCUT2D eigenvalue weighted by Crippen LogP contribution is -2.18. The Hall–Kier alpha value is -0.580. The van der Waals surface area contributed by atoms with Crippen molar-refractivity contribution in [1.82, 2.24) is 0 Å². The van der Waals surface area contributed by atoms with Gasteiger partial charge in [-0.05, 0) is 29.8 Å². The number of hydrogen-bond acceptors (Lipinski definition) is 3. The molecule has 0 fully saturated rings. The van der Waals surface area contributed by atoms with E-state index < -0.39 is 12.1 Å².